The second-order valence-corrected chi connectivity index (χ2v) is 13.6. The van der Waals surface area contributed by atoms with Gasteiger partial charge in [0.25, 0.3) is 0 Å². The van der Waals surface area contributed by atoms with E-state index in [1.165, 1.54) is 96.3 Å². The fourth-order valence-corrected chi connectivity index (χ4v) is 6.61. The number of unbranched alkanes of at least 4 members (excludes halogenated alkanes) is 17. The lowest BCUT2D eigenvalue weighted by atomic mass is 9.95. The normalized spacial score (nSPS) is 15.1. The van der Waals surface area contributed by atoms with E-state index in [-0.39, 0.29) is 24.1 Å². The molecule has 45 heavy (non-hydrogen) atoms. The largest absolute Gasteiger partial charge is 0.550 e. The standard InChI is InChI=1S/C38H71NO6/c1-5-9-10-11-12-13-14-15-16-17-18-19-20-21-22-23-24-25-26-27-28-29-39(30-33(6-2)36(40)41,31-34(7-3)37(42)43)32-35(8-4)38(44)45/h16-17,33-35H,5-15,18-32H2,1-4H3,(H2-,40,41,42,43,44,45)/b17-16+. The van der Waals surface area contributed by atoms with E-state index in [1.807, 2.05) is 13.8 Å². The fraction of sp³-hybridized carbons (Fsp3) is 0.868. The Kier molecular flexibility index (Phi) is 27.2. The number of rotatable bonds is 33. The summed E-state index contributed by atoms with van der Waals surface area (Å²) in [4.78, 5) is 35.9. The van der Waals surface area contributed by atoms with Crippen molar-refractivity contribution in [3.05, 3.63) is 12.2 Å². The zero-order valence-corrected chi connectivity index (χ0v) is 29.7. The fourth-order valence-electron chi connectivity index (χ4n) is 6.61. The average Bonchev–Trinajstić information content (AvgIpc) is 3.01. The lowest BCUT2D eigenvalue weighted by molar-refractivity contribution is -0.935. The molecule has 0 fully saturated rings. The van der Waals surface area contributed by atoms with Crippen LogP contribution in [0.25, 0.3) is 0 Å². The van der Waals surface area contributed by atoms with Crippen molar-refractivity contribution in [3.8, 4) is 0 Å². The summed E-state index contributed by atoms with van der Waals surface area (Å²) in [5.74, 6) is -4.95. The average molecular weight is 638 g/mol. The summed E-state index contributed by atoms with van der Waals surface area (Å²) in [6, 6.07) is 0. The summed E-state index contributed by atoms with van der Waals surface area (Å²) in [7, 11) is 0. The molecule has 0 spiro atoms. The van der Waals surface area contributed by atoms with E-state index in [1.54, 1.807) is 6.92 Å². The Morgan fingerprint density at radius 1 is 0.533 bits per heavy atom. The van der Waals surface area contributed by atoms with Crippen molar-refractivity contribution in [3.63, 3.8) is 0 Å². The van der Waals surface area contributed by atoms with Crippen LogP contribution in [0.15, 0.2) is 12.2 Å². The van der Waals surface area contributed by atoms with Gasteiger partial charge in [-0.05, 0) is 57.8 Å². The minimum atomic E-state index is -1.14. The van der Waals surface area contributed by atoms with Gasteiger partial charge in [0.1, 0.15) is 11.8 Å². The first kappa shape index (κ1) is 43.1. The van der Waals surface area contributed by atoms with E-state index >= 15 is 0 Å². The molecule has 7 nitrogen and oxygen atoms in total. The molecule has 0 aliphatic rings. The smallest absolute Gasteiger partial charge is 0.312 e. The van der Waals surface area contributed by atoms with Crippen LogP contribution in [-0.2, 0) is 14.4 Å². The molecular weight excluding hydrogens is 566 g/mol. The number of carboxylic acid groups (broad SMARTS) is 3. The number of nitrogens with zero attached hydrogens (tertiary/aromatic N) is 1. The number of hydrogen-bond acceptors (Lipinski definition) is 4. The SMILES string of the molecule is CCCCCCCCC/C=C/CCCCCCCCCCCC[N+](CC(CC)C(=O)[O-])(CC(CC)C(=O)O)CC(CC)C(=O)O. The van der Waals surface area contributed by atoms with Crippen LogP contribution < -0.4 is 5.11 Å². The molecule has 0 heterocycles. The van der Waals surface area contributed by atoms with Crippen LogP contribution in [0.2, 0.25) is 0 Å². The molecule has 7 heteroatoms. The topological polar surface area (TPSA) is 115 Å². The van der Waals surface area contributed by atoms with Gasteiger partial charge in [0.05, 0.1) is 32.1 Å². The Balaban J connectivity index is 4.51. The molecule has 0 aromatic rings. The van der Waals surface area contributed by atoms with Crippen LogP contribution in [0.3, 0.4) is 0 Å². The van der Waals surface area contributed by atoms with Crippen molar-refractivity contribution < 1.29 is 34.2 Å². The van der Waals surface area contributed by atoms with Crippen LogP contribution in [0.5, 0.6) is 0 Å². The van der Waals surface area contributed by atoms with Gasteiger partial charge in [-0.3, -0.25) is 9.59 Å². The first-order valence-corrected chi connectivity index (χ1v) is 18.8. The molecule has 0 rings (SSSR count). The van der Waals surface area contributed by atoms with Crippen molar-refractivity contribution in [1.82, 2.24) is 0 Å². The third-order valence-corrected chi connectivity index (χ3v) is 9.73. The summed E-state index contributed by atoms with van der Waals surface area (Å²) in [5.41, 5.74) is 0. The predicted molar refractivity (Wildman–Crippen MR) is 184 cm³/mol. The summed E-state index contributed by atoms with van der Waals surface area (Å²) in [6.45, 7) is 9.06. The molecule has 0 radical (unpaired) electrons. The maximum Gasteiger partial charge on any atom is 0.312 e. The number of allylic oxidation sites excluding steroid dienone is 2. The van der Waals surface area contributed by atoms with Crippen molar-refractivity contribution >= 4 is 17.9 Å². The van der Waals surface area contributed by atoms with Gasteiger partial charge in [0.15, 0.2) is 0 Å². The number of hydrogen-bond donors (Lipinski definition) is 2. The van der Waals surface area contributed by atoms with Crippen molar-refractivity contribution in [2.24, 2.45) is 17.8 Å². The monoisotopic (exact) mass is 638 g/mol. The van der Waals surface area contributed by atoms with Gasteiger partial charge in [-0.15, -0.1) is 0 Å². The van der Waals surface area contributed by atoms with Gasteiger partial charge >= 0.3 is 11.9 Å². The molecule has 0 aliphatic heterocycles. The molecule has 0 saturated heterocycles. The molecular formula is C38H71NO6. The molecule has 0 amide bonds. The summed E-state index contributed by atoms with van der Waals surface area (Å²) in [5, 5.41) is 31.5. The highest BCUT2D eigenvalue weighted by Gasteiger charge is 2.39. The molecule has 0 bridgehead atoms. The second-order valence-electron chi connectivity index (χ2n) is 13.6. The molecule has 0 saturated carbocycles. The minimum absolute atomic E-state index is 0.219. The van der Waals surface area contributed by atoms with Gasteiger partial charge < -0.3 is 24.6 Å². The van der Waals surface area contributed by atoms with E-state index in [2.05, 4.69) is 19.1 Å². The predicted octanol–water partition coefficient (Wildman–Crippen LogP) is 8.79. The number of carboxylic acids is 3. The third-order valence-electron chi connectivity index (χ3n) is 9.73. The van der Waals surface area contributed by atoms with Crippen molar-refractivity contribution in [2.75, 3.05) is 26.2 Å². The third kappa shape index (κ3) is 22.3. The molecule has 3 atom stereocenters. The van der Waals surface area contributed by atoms with Crippen LogP contribution in [0.1, 0.15) is 169 Å². The number of carbonyl (C=O) groups is 3. The highest BCUT2D eigenvalue weighted by molar-refractivity contribution is 5.70. The van der Waals surface area contributed by atoms with Gasteiger partial charge in [-0.2, -0.15) is 0 Å². The lowest BCUT2D eigenvalue weighted by Crippen LogP contribution is -2.59. The Morgan fingerprint density at radius 3 is 1.20 bits per heavy atom. The summed E-state index contributed by atoms with van der Waals surface area (Å²) in [6.07, 6.45) is 29.7. The first-order valence-electron chi connectivity index (χ1n) is 18.8. The number of carbonyl (C=O) groups excluding carboxylic acids is 1. The van der Waals surface area contributed by atoms with E-state index in [0.717, 1.165) is 25.7 Å². The quantitative estimate of drug-likeness (QED) is 0.0422. The molecule has 264 valence electrons. The van der Waals surface area contributed by atoms with Gasteiger partial charge in [0.2, 0.25) is 0 Å². The highest BCUT2D eigenvalue weighted by Crippen LogP contribution is 2.25. The molecule has 2 N–H and O–H groups in total. The van der Waals surface area contributed by atoms with Gasteiger partial charge in [0, 0.05) is 5.92 Å². The molecule has 3 unspecified atom stereocenters. The highest BCUT2D eigenvalue weighted by atomic mass is 16.4. The zero-order chi connectivity index (χ0) is 33.8. The second kappa shape index (κ2) is 28.3. The van der Waals surface area contributed by atoms with Crippen LogP contribution in [-0.4, -0.2) is 58.8 Å². The summed E-state index contributed by atoms with van der Waals surface area (Å²) >= 11 is 0. The van der Waals surface area contributed by atoms with Crippen LogP contribution in [0.4, 0.5) is 0 Å². The lowest BCUT2D eigenvalue weighted by Gasteiger charge is -2.44. The molecule has 0 aliphatic carbocycles. The van der Waals surface area contributed by atoms with Crippen molar-refractivity contribution in [2.45, 2.75) is 169 Å². The Hall–Kier alpha value is -1.89. The van der Waals surface area contributed by atoms with Crippen LogP contribution in [0, 0.1) is 17.8 Å². The van der Waals surface area contributed by atoms with Gasteiger partial charge in [-0.25, -0.2) is 0 Å². The maximum atomic E-state index is 12.0. The Labute approximate surface area is 276 Å². The van der Waals surface area contributed by atoms with E-state index < -0.39 is 35.7 Å². The van der Waals surface area contributed by atoms with Gasteiger partial charge in [-0.1, -0.05) is 123 Å². The zero-order valence-electron chi connectivity index (χ0n) is 29.7. The summed E-state index contributed by atoms with van der Waals surface area (Å²) < 4.78 is 0.219. The maximum absolute atomic E-state index is 12.0. The Morgan fingerprint density at radius 2 is 0.867 bits per heavy atom. The first-order chi connectivity index (χ1) is 21.7. The molecule has 0 aromatic heterocycles. The number of aliphatic carboxylic acids is 3. The van der Waals surface area contributed by atoms with Crippen LogP contribution >= 0.6 is 0 Å². The Bertz CT molecular complexity index is 722. The van der Waals surface area contributed by atoms with E-state index in [4.69, 9.17) is 0 Å². The van der Waals surface area contributed by atoms with E-state index in [9.17, 15) is 29.7 Å². The van der Waals surface area contributed by atoms with Crippen molar-refractivity contribution in [1.29, 1.82) is 0 Å². The number of quaternary nitrogens is 1. The molecule has 0 aromatic carbocycles. The minimum Gasteiger partial charge on any atom is -0.550 e. The van der Waals surface area contributed by atoms with E-state index in [0.29, 0.717) is 25.8 Å².